The van der Waals surface area contributed by atoms with Gasteiger partial charge in [0.25, 0.3) is 0 Å². The Balaban J connectivity index is 3.55. The van der Waals surface area contributed by atoms with Crippen LogP contribution in [0, 0.1) is 17.8 Å². The fraction of sp³-hybridized carbons (Fsp3) is 0.913. The lowest BCUT2D eigenvalue weighted by Gasteiger charge is -2.14. The molecule has 160 valence electrons. The molecule has 0 N–H and O–H groups in total. The van der Waals surface area contributed by atoms with E-state index in [-0.39, 0.29) is 11.9 Å². The van der Waals surface area contributed by atoms with E-state index in [1.807, 2.05) is 0 Å². The molecule has 0 aromatic rings. The molecule has 0 aromatic heterocycles. The quantitative estimate of drug-likeness (QED) is 0.218. The summed E-state index contributed by atoms with van der Waals surface area (Å²) >= 11 is 0. The van der Waals surface area contributed by atoms with Gasteiger partial charge in [0.1, 0.15) is 0 Å². The Morgan fingerprint density at radius 2 is 1.15 bits per heavy atom. The first-order valence-corrected chi connectivity index (χ1v) is 11.2. The molecule has 0 heterocycles. The molecule has 0 bridgehead atoms. The van der Waals surface area contributed by atoms with Gasteiger partial charge in [0.2, 0.25) is 0 Å². The predicted octanol–water partition coefficient (Wildman–Crippen LogP) is 6.31. The summed E-state index contributed by atoms with van der Waals surface area (Å²) in [6, 6.07) is 0. The third-order valence-corrected chi connectivity index (χ3v) is 4.73. The van der Waals surface area contributed by atoms with Crippen LogP contribution in [0.25, 0.3) is 0 Å². The van der Waals surface area contributed by atoms with E-state index >= 15 is 0 Å². The van der Waals surface area contributed by atoms with Gasteiger partial charge >= 0.3 is 11.9 Å². The summed E-state index contributed by atoms with van der Waals surface area (Å²) < 4.78 is 10.4. The van der Waals surface area contributed by atoms with Crippen LogP contribution in [0.15, 0.2) is 0 Å². The van der Waals surface area contributed by atoms with E-state index in [9.17, 15) is 9.59 Å². The molecule has 0 spiro atoms. The van der Waals surface area contributed by atoms with E-state index in [0.29, 0.717) is 43.8 Å². The Labute approximate surface area is 167 Å². The largest absolute Gasteiger partial charge is 0.465 e. The molecule has 0 aliphatic carbocycles. The number of rotatable bonds is 17. The van der Waals surface area contributed by atoms with Crippen molar-refractivity contribution in [3.63, 3.8) is 0 Å². The zero-order valence-corrected chi connectivity index (χ0v) is 18.6. The maximum atomic E-state index is 11.7. The summed E-state index contributed by atoms with van der Waals surface area (Å²) in [6.07, 6.45) is 11.3. The van der Waals surface area contributed by atoms with Crippen molar-refractivity contribution in [2.24, 2.45) is 17.8 Å². The van der Waals surface area contributed by atoms with Crippen LogP contribution in [0.4, 0.5) is 0 Å². The highest BCUT2D eigenvalue weighted by molar-refractivity contribution is 5.69. The summed E-state index contributed by atoms with van der Waals surface area (Å²) in [4.78, 5) is 23.2. The molecule has 0 aliphatic heterocycles. The SMILES string of the molecule is CCC(CCCCCCCCC(=O)OCC(C)C)CCC(=O)OCC(C)C. The Morgan fingerprint density at radius 3 is 1.67 bits per heavy atom. The number of carbonyl (C=O) groups is 2. The van der Waals surface area contributed by atoms with Gasteiger partial charge in [-0.25, -0.2) is 0 Å². The third-order valence-electron chi connectivity index (χ3n) is 4.73. The van der Waals surface area contributed by atoms with E-state index < -0.39 is 0 Å². The number of carbonyl (C=O) groups excluding carboxylic acids is 2. The van der Waals surface area contributed by atoms with Crippen LogP contribution in [-0.2, 0) is 19.1 Å². The fourth-order valence-corrected chi connectivity index (χ4v) is 2.95. The third kappa shape index (κ3) is 18.1. The van der Waals surface area contributed by atoms with Gasteiger partial charge in [-0.2, -0.15) is 0 Å². The van der Waals surface area contributed by atoms with E-state index in [1.54, 1.807) is 0 Å². The second kappa shape index (κ2) is 17.1. The normalized spacial score (nSPS) is 12.4. The first-order chi connectivity index (χ1) is 12.8. The van der Waals surface area contributed by atoms with Crippen molar-refractivity contribution in [3.8, 4) is 0 Å². The summed E-state index contributed by atoms with van der Waals surface area (Å²) in [5.41, 5.74) is 0. The first-order valence-electron chi connectivity index (χ1n) is 11.2. The topological polar surface area (TPSA) is 52.6 Å². The van der Waals surface area contributed by atoms with Crippen LogP contribution in [0.2, 0.25) is 0 Å². The van der Waals surface area contributed by atoms with E-state index in [0.717, 1.165) is 25.7 Å². The molecular weight excluding hydrogens is 340 g/mol. The molecule has 4 heteroatoms. The van der Waals surface area contributed by atoms with Crippen molar-refractivity contribution in [3.05, 3.63) is 0 Å². The van der Waals surface area contributed by atoms with Crippen LogP contribution >= 0.6 is 0 Å². The summed E-state index contributed by atoms with van der Waals surface area (Å²) in [7, 11) is 0. The summed E-state index contributed by atoms with van der Waals surface area (Å²) in [5, 5.41) is 0. The number of unbranched alkanes of at least 4 members (excludes halogenated alkanes) is 5. The van der Waals surface area contributed by atoms with Gasteiger partial charge in [0.15, 0.2) is 0 Å². The minimum absolute atomic E-state index is 0.0472. The van der Waals surface area contributed by atoms with Crippen molar-refractivity contribution in [2.75, 3.05) is 13.2 Å². The lowest BCUT2D eigenvalue weighted by Crippen LogP contribution is -2.11. The van der Waals surface area contributed by atoms with Gasteiger partial charge in [0, 0.05) is 12.8 Å². The smallest absolute Gasteiger partial charge is 0.305 e. The van der Waals surface area contributed by atoms with Crippen molar-refractivity contribution in [1.29, 1.82) is 0 Å². The van der Waals surface area contributed by atoms with Gasteiger partial charge in [-0.3, -0.25) is 9.59 Å². The molecule has 0 amide bonds. The summed E-state index contributed by atoms with van der Waals surface area (Å²) in [5.74, 6) is 1.34. The monoisotopic (exact) mass is 384 g/mol. The highest BCUT2D eigenvalue weighted by Gasteiger charge is 2.11. The molecule has 0 fully saturated rings. The number of hydrogen-bond acceptors (Lipinski definition) is 4. The Bertz CT molecular complexity index is 377. The van der Waals surface area contributed by atoms with Crippen LogP contribution in [-0.4, -0.2) is 25.2 Å². The van der Waals surface area contributed by atoms with Crippen LogP contribution in [0.3, 0.4) is 0 Å². The van der Waals surface area contributed by atoms with Crippen molar-refractivity contribution in [2.45, 2.75) is 105 Å². The van der Waals surface area contributed by atoms with Gasteiger partial charge < -0.3 is 9.47 Å². The predicted molar refractivity (Wildman–Crippen MR) is 112 cm³/mol. The van der Waals surface area contributed by atoms with Crippen LogP contribution in [0.5, 0.6) is 0 Å². The average Bonchev–Trinajstić information content (AvgIpc) is 2.62. The van der Waals surface area contributed by atoms with E-state index in [2.05, 4.69) is 34.6 Å². The van der Waals surface area contributed by atoms with Crippen molar-refractivity contribution in [1.82, 2.24) is 0 Å². The molecule has 0 rings (SSSR count). The molecule has 0 aromatic carbocycles. The van der Waals surface area contributed by atoms with Gasteiger partial charge in [-0.1, -0.05) is 79.6 Å². The first kappa shape index (κ1) is 25.9. The maximum absolute atomic E-state index is 11.7. The number of esters is 2. The number of ether oxygens (including phenoxy) is 2. The fourth-order valence-electron chi connectivity index (χ4n) is 2.95. The molecule has 0 aliphatic rings. The zero-order chi connectivity index (χ0) is 20.5. The molecule has 0 radical (unpaired) electrons. The molecule has 4 nitrogen and oxygen atoms in total. The highest BCUT2D eigenvalue weighted by atomic mass is 16.5. The molecular formula is C23H44O4. The van der Waals surface area contributed by atoms with E-state index in [1.165, 1.54) is 32.1 Å². The minimum atomic E-state index is -0.0543. The van der Waals surface area contributed by atoms with E-state index in [4.69, 9.17) is 9.47 Å². The highest BCUT2D eigenvalue weighted by Crippen LogP contribution is 2.20. The Morgan fingerprint density at radius 1 is 0.667 bits per heavy atom. The maximum Gasteiger partial charge on any atom is 0.305 e. The second-order valence-electron chi connectivity index (χ2n) is 8.63. The molecule has 1 atom stereocenters. The average molecular weight is 385 g/mol. The summed E-state index contributed by atoms with van der Waals surface area (Å²) in [6.45, 7) is 11.5. The van der Waals surface area contributed by atoms with Crippen molar-refractivity contribution >= 4 is 11.9 Å². The zero-order valence-electron chi connectivity index (χ0n) is 18.6. The minimum Gasteiger partial charge on any atom is -0.465 e. The number of hydrogen-bond donors (Lipinski definition) is 0. The molecule has 27 heavy (non-hydrogen) atoms. The standard InChI is InChI=1S/C23H44O4/c1-6-21(15-16-23(25)27-18-20(4)5)13-11-9-7-8-10-12-14-22(24)26-17-19(2)3/h19-21H,6-18H2,1-5H3. The second-order valence-corrected chi connectivity index (χ2v) is 8.63. The molecule has 1 unspecified atom stereocenters. The van der Waals surface area contributed by atoms with Crippen molar-refractivity contribution < 1.29 is 19.1 Å². The molecule has 0 saturated carbocycles. The molecule has 0 saturated heterocycles. The van der Waals surface area contributed by atoms with Gasteiger partial charge in [0.05, 0.1) is 13.2 Å². The van der Waals surface area contributed by atoms with Gasteiger partial charge in [-0.05, 0) is 30.6 Å². The van der Waals surface area contributed by atoms with Crippen LogP contribution < -0.4 is 0 Å². The van der Waals surface area contributed by atoms with Gasteiger partial charge in [-0.15, -0.1) is 0 Å². The Hall–Kier alpha value is -1.06. The van der Waals surface area contributed by atoms with Crippen LogP contribution in [0.1, 0.15) is 105 Å². The lowest BCUT2D eigenvalue weighted by atomic mass is 9.93. The Kier molecular flexibility index (Phi) is 16.4. The lowest BCUT2D eigenvalue weighted by molar-refractivity contribution is -0.145.